The van der Waals surface area contributed by atoms with Crippen LogP contribution >= 0.6 is 0 Å². The Morgan fingerprint density at radius 1 is 1.16 bits per heavy atom. The van der Waals surface area contributed by atoms with Crippen LogP contribution in [0.5, 0.6) is 0 Å². The van der Waals surface area contributed by atoms with Crippen molar-refractivity contribution < 1.29 is 14.0 Å². The van der Waals surface area contributed by atoms with Crippen molar-refractivity contribution in [2.45, 2.75) is 13.8 Å². The van der Waals surface area contributed by atoms with Crippen molar-refractivity contribution in [1.82, 2.24) is 20.1 Å². The van der Waals surface area contributed by atoms with E-state index in [-0.39, 0.29) is 17.8 Å². The number of fused-ring (bicyclic) bond motifs is 1. The van der Waals surface area contributed by atoms with E-state index in [1.165, 1.54) is 12.1 Å². The summed E-state index contributed by atoms with van der Waals surface area (Å²) in [5, 5.41) is 3.50. The number of hydrogen-bond donors (Lipinski definition) is 1. The van der Waals surface area contributed by atoms with Gasteiger partial charge in [0.15, 0.2) is 0 Å². The number of amides is 3. The lowest BCUT2D eigenvalue weighted by molar-refractivity contribution is 0.0664. The minimum absolute atomic E-state index is 0.0971. The number of nitrogens with one attached hydrogen (secondary N) is 1. The maximum Gasteiger partial charge on any atom is 0.317 e. The molecule has 1 aromatic carbocycles. The maximum absolute atomic E-state index is 13.3. The van der Waals surface area contributed by atoms with Gasteiger partial charge in [0.1, 0.15) is 5.82 Å². The molecule has 1 fully saturated rings. The first-order valence-corrected chi connectivity index (χ1v) is 8.38. The zero-order valence-electron chi connectivity index (χ0n) is 14.4. The monoisotopic (exact) mass is 344 g/mol. The topological polar surface area (TPSA) is 65.5 Å². The first kappa shape index (κ1) is 17.1. The largest absolute Gasteiger partial charge is 0.338 e. The fraction of sp³-hybridized carbons (Fsp3) is 0.389. The minimum atomic E-state index is -0.347. The van der Waals surface area contributed by atoms with Gasteiger partial charge in [-0.15, -0.1) is 0 Å². The van der Waals surface area contributed by atoms with Gasteiger partial charge in [0, 0.05) is 44.2 Å². The molecule has 1 aliphatic rings. The summed E-state index contributed by atoms with van der Waals surface area (Å²) in [4.78, 5) is 32.5. The van der Waals surface area contributed by atoms with Gasteiger partial charge in [0.2, 0.25) is 0 Å². The Hall–Kier alpha value is -2.70. The van der Waals surface area contributed by atoms with Crippen molar-refractivity contribution in [3.8, 4) is 0 Å². The summed E-state index contributed by atoms with van der Waals surface area (Å²) in [6.45, 7) is 6.18. The zero-order chi connectivity index (χ0) is 18.0. The molecule has 0 atom stereocenters. The van der Waals surface area contributed by atoms with Gasteiger partial charge < -0.3 is 15.1 Å². The normalized spacial score (nSPS) is 14.7. The number of benzene rings is 1. The van der Waals surface area contributed by atoms with Gasteiger partial charge in [-0.1, -0.05) is 0 Å². The molecule has 3 rings (SSSR count). The lowest BCUT2D eigenvalue weighted by atomic mass is 10.1. The maximum atomic E-state index is 13.3. The highest BCUT2D eigenvalue weighted by molar-refractivity contribution is 5.98. The molecular weight excluding hydrogens is 323 g/mol. The lowest BCUT2D eigenvalue weighted by Gasteiger charge is -2.34. The Labute approximate surface area is 145 Å². The molecule has 3 amide bonds. The molecule has 0 unspecified atom stereocenters. The van der Waals surface area contributed by atoms with E-state index in [0.717, 1.165) is 5.39 Å². The number of aryl methyl sites for hydroxylation is 1. The van der Waals surface area contributed by atoms with Crippen LogP contribution in [0.25, 0.3) is 10.9 Å². The molecule has 0 radical (unpaired) electrons. The Kier molecular flexibility index (Phi) is 4.83. The van der Waals surface area contributed by atoms with Gasteiger partial charge in [-0.25, -0.2) is 9.18 Å². The fourth-order valence-electron chi connectivity index (χ4n) is 3.00. The van der Waals surface area contributed by atoms with E-state index in [2.05, 4.69) is 10.3 Å². The minimum Gasteiger partial charge on any atom is -0.338 e. The average molecular weight is 344 g/mol. The molecule has 0 spiro atoms. The Bertz CT molecular complexity index is 816. The molecule has 1 saturated heterocycles. The molecule has 25 heavy (non-hydrogen) atoms. The molecule has 1 N–H and O–H groups in total. The van der Waals surface area contributed by atoms with Crippen LogP contribution in [0.3, 0.4) is 0 Å². The molecule has 132 valence electrons. The van der Waals surface area contributed by atoms with E-state index in [1.807, 2.05) is 6.92 Å². The second-order valence-corrected chi connectivity index (χ2v) is 6.07. The summed E-state index contributed by atoms with van der Waals surface area (Å²) in [6, 6.07) is 6.01. The second kappa shape index (κ2) is 7.04. The SMILES string of the molecule is CCNC(=O)N1CCN(C(=O)c2cc3ccc(F)cc3nc2C)CC1. The molecule has 2 aromatic rings. The van der Waals surface area contributed by atoms with Gasteiger partial charge in [0.25, 0.3) is 5.91 Å². The van der Waals surface area contributed by atoms with Crippen LogP contribution < -0.4 is 5.32 Å². The van der Waals surface area contributed by atoms with E-state index >= 15 is 0 Å². The first-order valence-electron chi connectivity index (χ1n) is 8.38. The molecule has 2 heterocycles. The van der Waals surface area contributed by atoms with Gasteiger partial charge in [-0.3, -0.25) is 9.78 Å². The van der Waals surface area contributed by atoms with Crippen molar-refractivity contribution in [2.75, 3.05) is 32.7 Å². The Morgan fingerprint density at radius 3 is 2.52 bits per heavy atom. The summed E-state index contributed by atoms with van der Waals surface area (Å²) in [5.41, 5.74) is 1.63. The van der Waals surface area contributed by atoms with Gasteiger partial charge >= 0.3 is 6.03 Å². The van der Waals surface area contributed by atoms with Crippen molar-refractivity contribution in [3.63, 3.8) is 0 Å². The van der Waals surface area contributed by atoms with E-state index in [0.29, 0.717) is 49.5 Å². The van der Waals surface area contributed by atoms with Crippen LogP contribution in [0.15, 0.2) is 24.3 Å². The Balaban J connectivity index is 1.76. The third kappa shape index (κ3) is 3.55. The van der Waals surface area contributed by atoms with Crippen LogP contribution in [-0.4, -0.2) is 59.4 Å². The third-order valence-electron chi connectivity index (χ3n) is 4.38. The number of halogens is 1. The molecule has 1 aliphatic heterocycles. The standard InChI is InChI=1S/C18H21FN4O2/c1-3-20-18(25)23-8-6-22(7-9-23)17(24)15-10-13-4-5-14(19)11-16(13)21-12(15)2/h4-5,10-11H,3,6-9H2,1-2H3,(H,20,25). The highest BCUT2D eigenvalue weighted by atomic mass is 19.1. The summed E-state index contributed by atoms with van der Waals surface area (Å²) < 4.78 is 13.3. The van der Waals surface area contributed by atoms with E-state index < -0.39 is 0 Å². The van der Waals surface area contributed by atoms with Crippen molar-refractivity contribution >= 4 is 22.8 Å². The van der Waals surface area contributed by atoms with E-state index in [1.54, 1.807) is 28.9 Å². The van der Waals surface area contributed by atoms with E-state index in [9.17, 15) is 14.0 Å². The molecule has 7 heteroatoms. The van der Waals surface area contributed by atoms with Crippen LogP contribution in [0.1, 0.15) is 23.0 Å². The second-order valence-electron chi connectivity index (χ2n) is 6.07. The number of rotatable bonds is 2. The number of piperazine rings is 1. The number of pyridine rings is 1. The van der Waals surface area contributed by atoms with Crippen LogP contribution in [0.2, 0.25) is 0 Å². The summed E-state index contributed by atoms with van der Waals surface area (Å²) in [7, 11) is 0. The van der Waals surface area contributed by atoms with Crippen LogP contribution in [0, 0.1) is 12.7 Å². The average Bonchev–Trinajstić information content (AvgIpc) is 2.61. The van der Waals surface area contributed by atoms with Gasteiger partial charge in [-0.2, -0.15) is 0 Å². The van der Waals surface area contributed by atoms with E-state index in [4.69, 9.17) is 0 Å². The van der Waals surface area contributed by atoms with Crippen molar-refractivity contribution in [2.24, 2.45) is 0 Å². The smallest absolute Gasteiger partial charge is 0.317 e. The molecule has 0 bridgehead atoms. The van der Waals surface area contributed by atoms with Crippen LogP contribution in [0.4, 0.5) is 9.18 Å². The summed E-state index contributed by atoms with van der Waals surface area (Å²) in [6.07, 6.45) is 0. The summed E-state index contributed by atoms with van der Waals surface area (Å²) in [5.74, 6) is -0.452. The quantitative estimate of drug-likeness (QED) is 0.908. The number of aromatic nitrogens is 1. The molecule has 0 aliphatic carbocycles. The third-order valence-corrected chi connectivity index (χ3v) is 4.38. The fourth-order valence-corrected chi connectivity index (χ4v) is 3.00. The van der Waals surface area contributed by atoms with Crippen LogP contribution in [-0.2, 0) is 0 Å². The summed E-state index contributed by atoms with van der Waals surface area (Å²) >= 11 is 0. The molecule has 6 nitrogen and oxygen atoms in total. The number of urea groups is 1. The lowest BCUT2D eigenvalue weighted by Crippen LogP contribution is -2.53. The first-order chi connectivity index (χ1) is 12.0. The highest BCUT2D eigenvalue weighted by Gasteiger charge is 2.25. The Morgan fingerprint density at radius 2 is 1.84 bits per heavy atom. The molecular formula is C18H21FN4O2. The molecule has 0 saturated carbocycles. The number of carbonyl (C=O) groups excluding carboxylic acids is 2. The van der Waals surface area contributed by atoms with Gasteiger partial charge in [-0.05, 0) is 32.0 Å². The van der Waals surface area contributed by atoms with Crippen molar-refractivity contribution in [3.05, 3.63) is 41.3 Å². The molecule has 1 aromatic heterocycles. The highest BCUT2D eigenvalue weighted by Crippen LogP contribution is 2.19. The predicted molar refractivity (Wildman–Crippen MR) is 93.0 cm³/mol. The van der Waals surface area contributed by atoms with Gasteiger partial charge in [0.05, 0.1) is 16.8 Å². The van der Waals surface area contributed by atoms with Crippen molar-refractivity contribution in [1.29, 1.82) is 0 Å². The number of hydrogen-bond acceptors (Lipinski definition) is 3. The number of carbonyl (C=O) groups is 2. The predicted octanol–water partition coefficient (Wildman–Crippen LogP) is 2.17. The zero-order valence-corrected chi connectivity index (χ0v) is 14.4. The number of nitrogens with zero attached hydrogens (tertiary/aromatic N) is 3.